The Balaban J connectivity index is 1.66. The topological polar surface area (TPSA) is 104 Å². The summed E-state index contributed by atoms with van der Waals surface area (Å²) in [6.45, 7) is 0.331. The molecule has 1 aromatic carbocycles. The molecule has 0 fully saturated rings. The molecule has 0 aliphatic heterocycles. The molecule has 0 unspecified atom stereocenters. The zero-order valence-electron chi connectivity index (χ0n) is 13.9. The van der Waals surface area contributed by atoms with Crippen LogP contribution in [0.4, 0.5) is 15.8 Å². The maximum atomic E-state index is 13.8. The van der Waals surface area contributed by atoms with Crippen LogP contribution in [0.25, 0.3) is 10.1 Å². The van der Waals surface area contributed by atoms with Gasteiger partial charge in [-0.05, 0) is 17.7 Å². The number of aliphatic imine (C=N–C) groups is 1. The Morgan fingerprint density at radius 2 is 2.12 bits per heavy atom. The van der Waals surface area contributed by atoms with Crippen LogP contribution in [0.15, 0.2) is 41.7 Å². The third-order valence-electron chi connectivity index (χ3n) is 3.61. The van der Waals surface area contributed by atoms with Gasteiger partial charge in [0.25, 0.3) is 5.91 Å². The Kier molecular flexibility index (Phi) is 5.28. The summed E-state index contributed by atoms with van der Waals surface area (Å²) in [6, 6.07) is 7.50. The normalized spacial score (nSPS) is 11.0. The van der Waals surface area contributed by atoms with E-state index < -0.39 is 5.82 Å². The van der Waals surface area contributed by atoms with Crippen LogP contribution in [0.5, 0.6) is 0 Å². The Morgan fingerprint density at radius 3 is 2.81 bits per heavy atom. The predicted octanol–water partition coefficient (Wildman–Crippen LogP) is 2.52. The molecule has 0 aliphatic carbocycles. The summed E-state index contributed by atoms with van der Waals surface area (Å²) in [7, 11) is 1.66. The van der Waals surface area contributed by atoms with Crippen LogP contribution in [0.3, 0.4) is 0 Å². The number of amides is 1. The number of fused-ring (bicyclic) bond motifs is 1. The third-order valence-corrected chi connectivity index (χ3v) is 4.75. The van der Waals surface area contributed by atoms with Crippen molar-refractivity contribution in [2.24, 2.45) is 4.99 Å². The van der Waals surface area contributed by atoms with E-state index in [1.54, 1.807) is 7.05 Å². The van der Waals surface area contributed by atoms with Gasteiger partial charge in [-0.3, -0.25) is 20.2 Å². The number of nitrogens with two attached hydrogens (primary N) is 1. The number of pyridine rings is 1. The van der Waals surface area contributed by atoms with Crippen molar-refractivity contribution in [3.8, 4) is 0 Å². The number of rotatable bonds is 6. The molecule has 26 heavy (non-hydrogen) atoms. The molecular formula is C17H17FN6OS. The molecule has 0 atom stereocenters. The van der Waals surface area contributed by atoms with E-state index in [9.17, 15) is 9.18 Å². The minimum Gasteiger partial charge on any atom is -0.397 e. The van der Waals surface area contributed by atoms with Crippen molar-refractivity contribution in [2.45, 2.75) is 6.54 Å². The maximum Gasteiger partial charge on any atom is 0.263 e. The molecule has 1 amide bonds. The highest BCUT2D eigenvalue weighted by atomic mass is 32.1. The smallest absolute Gasteiger partial charge is 0.263 e. The fraction of sp³-hybridized carbons (Fsp3) is 0.118. The first-order chi connectivity index (χ1) is 12.6. The number of nitrogens with one attached hydrogen (secondary N) is 3. The van der Waals surface area contributed by atoms with Gasteiger partial charge in [0.1, 0.15) is 11.2 Å². The average molecular weight is 372 g/mol. The van der Waals surface area contributed by atoms with Crippen LogP contribution in [-0.4, -0.2) is 24.3 Å². The van der Waals surface area contributed by atoms with Crippen LogP contribution in [0, 0.1) is 5.82 Å². The summed E-state index contributed by atoms with van der Waals surface area (Å²) in [6.07, 6.45) is 4.12. The second-order valence-corrected chi connectivity index (χ2v) is 6.43. The number of hydrogen-bond acceptors (Lipinski definition) is 6. The average Bonchev–Trinajstić information content (AvgIpc) is 2.99. The predicted molar refractivity (Wildman–Crippen MR) is 103 cm³/mol. The van der Waals surface area contributed by atoms with Gasteiger partial charge in [-0.1, -0.05) is 12.1 Å². The largest absolute Gasteiger partial charge is 0.397 e. The van der Waals surface area contributed by atoms with Gasteiger partial charge >= 0.3 is 0 Å². The molecule has 0 radical (unpaired) electrons. The quantitative estimate of drug-likeness (QED) is 0.302. The van der Waals surface area contributed by atoms with Gasteiger partial charge < -0.3 is 16.5 Å². The van der Waals surface area contributed by atoms with Crippen molar-refractivity contribution in [3.63, 3.8) is 0 Å². The van der Waals surface area contributed by atoms with Crippen molar-refractivity contribution < 1.29 is 9.18 Å². The van der Waals surface area contributed by atoms with E-state index in [0.717, 1.165) is 28.8 Å². The lowest BCUT2D eigenvalue weighted by molar-refractivity contribution is 0.0956. The lowest BCUT2D eigenvalue weighted by atomic mass is 10.2. The molecule has 2 aromatic heterocycles. The first kappa shape index (κ1) is 17.6. The highest BCUT2D eigenvalue weighted by Gasteiger charge is 2.18. The van der Waals surface area contributed by atoms with Gasteiger partial charge in [0.05, 0.1) is 27.7 Å². The lowest BCUT2D eigenvalue weighted by Gasteiger charge is -2.08. The van der Waals surface area contributed by atoms with Crippen molar-refractivity contribution in [1.82, 2.24) is 15.7 Å². The molecule has 3 aromatic rings. The van der Waals surface area contributed by atoms with Crippen molar-refractivity contribution >= 4 is 45.0 Å². The Bertz CT molecular complexity index is 954. The van der Waals surface area contributed by atoms with Gasteiger partial charge in [0.15, 0.2) is 5.82 Å². The van der Waals surface area contributed by atoms with Gasteiger partial charge in [0, 0.05) is 19.8 Å². The van der Waals surface area contributed by atoms with E-state index in [1.807, 2.05) is 24.3 Å². The molecule has 0 spiro atoms. The van der Waals surface area contributed by atoms with Gasteiger partial charge in [-0.2, -0.15) is 0 Å². The van der Waals surface area contributed by atoms with E-state index in [1.165, 1.54) is 12.5 Å². The fourth-order valence-corrected chi connectivity index (χ4v) is 3.37. The molecule has 3 rings (SSSR count). The second kappa shape index (κ2) is 7.79. The number of benzene rings is 1. The zero-order chi connectivity index (χ0) is 18.5. The van der Waals surface area contributed by atoms with Gasteiger partial charge in [-0.25, -0.2) is 4.39 Å². The first-order valence-electron chi connectivity index (χ1n) is 7.71. The molecule has 9 heteroatoms. The molecule has 5 N–H and O–H groups in total. The number of halogens is 1. The molecule has 0 saturated carbocycles. The molecule has 0 aliphatic rings. The Labute approximate surface area is 153 Å². The number of nitrogen functional groups attached to an aromatic ring is 1. The van der Waals surface area contributed by atoms with Gasteiger partial charge in [0.2, 0.25) is 0 Å². The third kappa shape index (κ3) is 3.72. The van der Waals surface area contributed by atoms with E-state index in [4.69, 9.17) is 5.73 Å². The summed E-state index contributed by atoms with van der Waals surface area (Å²) >= 11 is 1.12. The number of carbonyl (C=O) groups is 1. The van der Waals surface area contributed by atoms with Crippen LogP contribution in [0.1, 0.15) is 15.2 Å². The van der Waals surface area contributed by atoms with Crippen LogP contribution >= 0.6 is 11.3 Å². The monoisotopic (exact) mass is 372 g/mol. The van der Waals surface area contributed by atoms with Crippen molar-refractivity contribution in [1.29, 1.82) is 0 Å². The number of carbonyl (C=O) groups excluding carboxylic acids is 1. The zero-order valence-corrected chi connectivity index (χ0v) is 14.7. The van der Waals surface area contributed by atoms with Crippen molar-refractivity contribution in [2.75, 3.05) is 18.2 Å². The Morgan fingerprint density at radius 1 is 1.35 bits per heavy atom. The molecular weight excluding hydrogens is 355 g/mol. The summed E-state index contributed by atoms with van der Waals surface area (Å²) in [4.78, 5) is 20.3. The maximum absolute atomic E-state index is 13.8. The minimum atomic E-state index is -0.528. The SMILES string of the molecule is CN=CNNc1ccc(CNC(=O)c2sc3cncc(F)c3c2N)cc1. The molecule has 0 bridgehead atoms. The first-order valence-corrected chi connectivity index (χ1v) is 8.52. The number of anilines is 2. The van der Waals surface area contributed by atoms with Crippen LogP contribution in [-0.2, 0) is 6.54 Å². The van der Waals surface area contributed by atoms with E-state index >= 15 is 0 Å². The van der Waals surface area contributed by atoms with Gasteiger partial charge in [-0.15, -0.1) is 11.3 Å². The Hall–Kier alpha value is -3.20. The molecule has 0 saturated heterocycles. The van der Waals surface area contributed by atoms with Crippen molar-refractivity contribution in [3.05, 3.63) is 52.9 Å². The lowest BCUT2D eigenvalue weighted by Crippen LogP contribution is -2.23. The van der Waals surface area contributed by atoms with Crippen LogP contribution in [0.2, 0.25) is 0 Å². The number of hydrazine groups is 1. The number of hydrogen-bond donors (Lipinski definition) is 4. The summed E-state index contributed by atoms with van der Waals surface area (Å²) in [5, 5.41) is 3.04. The fourth-order valence-electron chi connectivity index (χ4n) is 2.35. The summed E-state index contributed by atoms with van der Waals surface area (Å²) in [5.41, 5.74) is 13.6. The molecule has 7 nitrogen and oxygen atoms in total. The molecule has 2 heterocycles. The number of thiophene rings is 1. The highest BCUT2D eigenvalue weighted by Crippen LogP contribution is 2.34. The highest BCUT2D eigenvalue weighted by molar-refractivity contribution is 7.21. The second-order valence-electron chi connectivity index (χ2n) is 5.38. The number of nitrogens with zero attached hydrogens (tertiary/aromatic N) is 2. The van der Waals surface area contributed by atoms with Crippen LogP contribution < -0.4 is 21.9 Å². The number of aromatic nitrogens is 1. The van der Waals surface area contributed by atoms with E-state index in [-0.39, 0.29) is 21.9 Å². The summed E-state index contributed by atoms with van der Waals surface area (Å²) < 4.78 is 14.4. The summed E-state index contributed by atoms with van der Waals surface area (Å²) in [5.74, 6) is -0.869. The molecule has 134 valence electrons. The van der Waals surface area contributed by atoms with E-state index in [2.05, 4.69) is 26.1 Å². The van der Waals surface area contributed by atoms with E-state index in [0.29, 0.717) is 11.2 Å². The minimum absolute atomic E-state index is 0.144. The standard InChI is InChI=1S/C17H17FN6OS/c1-20-9-23-24-11-4-2-10(3-5-11)6-22-17(25)16-15(19)14-12(18)7-21-8-13(14)26-16/h2-5,7-9,24H,6,19H2,1H3,(H,20,23)(H,22,25).